The number of fused-ring (bicyclic) bond motifs is 1. The van der Waals surface area contributed by atoms with Gasteiger partial charge in [0.1, 0.15) is 5.82 Å². The van der Waals surface area contributed by atoms with Crippen molar-refractivity contribution in [3.63, 3.8) is 0 Å². The first-order valence-corrected chi connectivity index (χ1v) is 10.4. The standard InChI is InChI=1S/C22H25F3N6O/c1-14-15(4-3-5-18(14)22(23,24)25)11-28-21-16-10-20(31-6-8-32-9-7-31)27-12-17(16)19(13-26-2)29-30-21/h3-5,10,12,26H,6-9,11,13H2,1-2H3,(H,28,30). The number of nitrogens with zero attached hydrogens (tertiary/aromatic N) is 4. The van der Waals surface area contributed by atoms with E-state index in [4.69, 9.17) is 4.74 Å². The summed E-state index contributed by atoms with van der Waals surface area (Å²) in [7, 11) is 1.83. The van der Waals surface area contributed by atoms with Gasteiger partial charge in [-0.3, -0.25) is 0 Å². The molecule has 0 saturated carbocycles. The predicted octanol–water partition coefficient (Wildman–Crippen LogP) is 3.52. The van der Waals surface area contributed by atoms with Gasteiger partial charge in [0.2, 0.25) is 0 Å². The van der Waals surface area contributed by atoms with Gasteiger partial charge in [0.25, 0.3) is 0 Å². The zero-order valence-corrected chi connectivity index (χ0v) is 18.0. The quantitative estimate of drug-likeness (QED) is 0.600. The molecule has 1 saturated heterocycles. The number of pyridine rings is 1. The van der Waals surface area contributed by atoms with Crippen LogP contribution in [0.25, 0.3) is 10.8 Å². The van der Waals surface area contributed by atoms with E-state index in [1.165, 1.54) is 13.0 Å². The summed E-state index contributed by atoms with van der Waals surface area (Å²) in [6.07, 6.45) is -2.61. The van der Waals surface area contributed by atoms with Crippen LogP contribution in [0.3, 0.4) is 0 Å². The van der Waals surface area contributed by atoms with E-state index in [2.05, 4.69) is 30.7 Å². The number of nitrogens with one attached hydrogen (secondary N) is 2. The van der Waals surface area contributed by atoms with Crippen LogP contribution < -0.4 is 15.5 Å². The van der Waals surface area contributed by atoms with Crippen LogP contribution in [0, 0.1) is 6.92 Å². The SMILES string of the molecule is CNCc1nnc(NCc2cccc(C(F)(F)F)c2C)c2cc(N3CCOCC3)ncc12. The second-order valence-electron chi connectivity index (χ2n) is 7.65. The van der Waals surface area contributed by atoms with Gasteiger partial charge >= 0.3 is 6.18 Å². The van der Waals surface area contributed by atoms with Gasteiger partial charge in [-0.05, 0) is 37.2 Å². The second-order valence-corrected chi connectivity index (χ2v) is 7.65. The number of aromatic nitrogens is 3. The van der Waals surface area contributed by atoms with Crippen LogP contribution in [0.5, 0.6) is 0 Å². The Morgan fingerprint density at radius 2 is 1.88 bits per heavy atom. The van der Waals surface area contributed by atoms with Crippen LogP contribution in [-0.2, 0) is 24.0 Å². The van der Waals surface area contributed by atoms with Gasteiger partial charge in [0.05, 0.1) is 24.5 Å². The van der Waals surface area contributed by atoms with Crippen LogP contribution in [0.2, 0.25) is 0 Å². The highest BCUT2D eigenvalue weighted by atomic mass is 19.4. The predicted molar refractivity (Wildman–Crippen MR) is 117 cm³/mol. The molecule has 0 unspecified atom stereocenters. The summed E-state index contributed by atoms with van der Waals surface area (Å²) in [4.78, 5) is 6.75. The number of morpholine rings is 1. The van der Waals surface area contributed by atoms with Gasteiger partial charge in [-0.25, -0.2) is 4.98 Å². The summed E-state index contributed by atoms with van der Waals surface area (Å²) in [5.74, 6) is 1.32. The maximum atomic E-state index is 13.3. The molecule has 2 aromatic heterocycles. The van der Waals surface area contributed by atoms with Crippen LogP contribution in [0.15, 0.2) is 30.5 Å². The number of rotatable bonds is 6. The molecule has 1 aliphatic heterocycles. The number of hydrogen-bond acceptors (Lipinski definition) is 7. The number of hydrogen-bond donors (Lipinski definition) is 2. The van der Waals surface area contributed by atoms with Crippen LogP contribution in [0.1, 0.15) is 22.4 Å². The monoisotopic (exact) mass is 446 g/mol. The zero-order chi connectivity index (χ0) is 22.7. The fraction of sp³-hybridized carbons (Fsp3) is 0.409. The molecular weight excluding hydrogens is 421 g/mol. The molecule has 1 fully saturated rings. The van der Waals surface area contributed by atoms with E-state index in [-0.39, 0.29) is 12.1 Å². The Kier molecular flexibility index (Phi) is 6.43. The molecule has 32 heavy (non-hydrogen) atoms. The zero-order valence-electron chi connectivity index (χ0n) is 18.0. The van der Waals surface area contributed by atoms with E-state index in [9.17, 15) is 13.2 Å². The summed E-state index contributed by atoms with van der Waals surface area (Å²) >= 11 is 0. The summed E-state index contributed by atoms with van der Waals surface area (Å²) in [5.41, 5.74) is 0.879. The summed E-state index contributed by atoms with van der Waals surface area (Å²) < 4.78 is 45.2. The normalized spacial score (nSPS) is 14.7. The first-order chi connectivity index (χ1) is 15.4. The van der Waals surface area contributed by atoms with Gasteiger partial charge in [0.15, 0.2) is 5.82 Å². The number of alkyl halides is 3. The van der Waals surface area contributed by atoms with Crippen molar-refractivity contribution in [1.29, 1.82) is 0 Å². The largest absolute Gasteiger partial charge is 0.416 e. The van der Waals surface area contributed by atoms with Gasteiger partial charge < -0.3 is 20.3 Å². The number of benzene rings is 1. The second kappa shape index (κ2) is 9.25. The van der Waals surface area contributed by atoms with Crippen LogP contribution in [-0.4, -0.2) is 48.5 Å². The fourth-order valence-corrected chi connectivity index (χ4v) is 3.84. The molecule has 0 spiro atoms. The average Bonchev–Trinajstić information content (AvgIpc) is 2.79. The summed E-state index contributed by atoms with van der Waals surface area (Å²) in [6.45, 7) is 4.97. The molecule has 0 atom stereocenters. The van der Waals surface area contributed by atoms with E-state index >= 15 is 0 Å². The Hall–Kier alpha value is -2.98. The van der Waals surface area contributed by atoms with Crippen molar-refractivity contribution < 1.29 is 17.9 Å². The maximum absolute atomic E-state index is 13.3. The first-order valence-electron chi connectivity index (χ1n) is 10.4. The number of halogens is 3. The molecule has 3 aromatic rings. The molecule has 2 N–H and O–H groups in total. The highest BCUT2D eigenvalue weighted by Gasteiger charge is 2.32. The van der Waals surface area contributed by atoms with Crippen LogP contribution >= 0.6 is 0 Å². The highest BCUT2D eigenvalue weighted by molar-refractivity contribution is 5.94. The number of anilines is 2. The average molecular weight is 446 g/mol. The molecule has 0 aliphatic carbocycles. The summed E-state index contributed by atoms with van der Waals surface area (Å²) in [6, 6.07) is 6.16. The molecule has 7 nitrogen and oxygen atoms in total. The Balaban J connectivity index is 1.68. The third-order valence-electron chi connectivity index (χ3n) is 5.60. The highest BCUT2D eigenvalue weighted by Crippen LogP contribution is 2.33. The molecule has 1 aromatic carbocycles. The molecular formula is C22H25F3N6O. The lowest BCUT2D eigenvalue weighted by Gasteiger charge is -2.28. The lowest BCUT2D eigenvalue weighted by molar-refractivity contribution is -0.138. The van der Waals surface area contributed by atoms with Crippen molar-refractivity contribution >= 4 is 22.4 Å². The van der Waals surface area contributed by atoms with Gasteiger partial charge in [-0.2, -0.15) is 18.3 Å². The molecule has 0 amide bonds. The van der Waals surface area contributed by atoms with E-state index in [1.54, 1.807) is 12.3 Å². The minimum atomic E-state index is -4.39. The Morgan fingerprint density at radius 3 is 2.59 bits per heavy atom. The smallest absolute Gasteiger partial charge is 0.378 e. The van der Waals surface area contributed by atoms with Crippen molar-refractivity contribution in [2.24, 2.45) is 0 Å². The van der Waals surface area contributed by atoms with E-state index < -0.39 is 11.7 Å². The minimum Gasteiger partial charge on any atom is -0.378 e. The van der Waals surface area contributed by atoms with E-state index in [1.807, 2.05) is 13.1 Å². The molecule has 1 aliphatic rings. The van der Waals surface area contributed by atoms with Crippen molar-refractivity contribution in [2.45, 2.75) is 26.2 Å². The molecule has 170 valence electrons. The lowest BCUT2D eigenvalue weighted by atomic mass is 10.0. The molecule has 0 radical (unpaired) electrons. The topological polar surface area (TPSA) is 75.2 Å². The van der Waals surface area contributed by atoms with Gasteiger partial charge in [0, 0.05) is 43.1 Å². The Bertz CT molecular complexity index is 1100. The minimum absolute atomic E-state index is 0.195. The molecule has 10 heteroatoms. The van der Waals surface area contributed by atoms with E-state index in [0.717, 1.165) is 41.4 Å². The first kappa shape index (κ1) is 22.2. The third kappa shape index (κ3) is 4.61. The fourth-order valence-electron chi connectivity index (χ4n) is 3.84. The molecule has 3 heterocycles. The third-order valence-corrected chi connectivity index (χ3v) is 5.60. The maximum Gasteiger partial charge on any atom is 0.416 e. The van der Waals surface area contributed by atoms with Gasteiger partial charge in [-0.1, -0.05) is 12.1 Å². The number of ether oxygens (including phenoxy) is 1. The van der Waals surface area contributed by atoms with Crippen molar-refractivity contribution in [3.8, 4) is 0 Å². The van der Waals surface area contributed by atoms with Crippen molar-refractivity contribution in [3.05, 3.63) is 52.8 Å². The van der Waals surface area contributed by atoms with E-state index in [0.29, 0.717) is 31.1 Å². The molecule has 0 bridgehead atoms. The van der Waals surface area contributed by atoms with Crippen LogP contribution in [0.4, 0.5) is 24.8 Å². The lowest BCUT2D eigenvalue weighted by Crippen LogP contribution is -2.36. The molecule has 4 rings (SSSR count). The summed E-state index contributed by atoms with van der Waals surface area (Å²) in [5, 5.41) is 16.6. The van der Waals surface area contributed by atoms with Crippen molar-refractivity contribution in [1.82, 2.24) is 20.5 Å². The van der Waals surface area contributed by atoms with Gasteiger partial charge in [-0.15, -0.1) is 5.10 Å². The van der Waals surface area contributed by atoms with Crippen molar-refractivity contribution in [2.75, 3.05) is 43.6 Å². The Morgan fingerprint density at radius 1 is 1.09 bits per heavy atom. The Labute approximate surface area is 184 Å².